The molecule has 3 rings (SSSR count). The van der Waals surface area contributed by atoms with Gasteiger partial charge in [0, 0.05) is 18.2 Å². The molecule has 1 atom stereocenters. The summed E-state index contributed by atoms with van der Waals surface area (Å²) < 4.78 is 7.20. The molecule has 3 heterocycles. The SMILES string of the molecule is Cc1noc(C)c1CN1CCCC[C@@H]1Cn1cncn1. The Morgan fingerprint density at radius 2 is 2.25 bits per heavy atom. The molecule has 1 fully saturated rings. The standard InChI is InChI=1S/C14H21N5O/c1-11-14(12(2)20-17-11)8-18-6-4-3-5-13(18)7-19-10-15-9-16-19/h9-10,13H,3-8H2,1-2H3/t13-/m1/s1. The fourth-order valence-electron chi connectivity index (χ4n) is 2.95. The lowest BCUT2D eigenvalue weighted by Gasteiger charge is -2.35. The zero-order valence-corrected chi connectivity index (χ0v) is 12.1. The summed E-state index contributed by atoms with van der Waals surface area (Å²) in [5.74, 6) is 0.938. The molecule has 6 nitrogen and oxygen atoms in total. The average Bonchev–Trinajstić information content (AvgIpc) is 3.06. The van der Waals surface area contributed by atoms with Crippen LogP contribution in [-0.4, -0.2) is 37.4 Å². The van der Waals surface area contributed by atoms with E-state index in [9.17, 15) is 0 Å². The largest absolute Gasteiger partial charge is 0.361 e. The summed E-state index contributed by atoms with van der Waals surface area (Å²) in [6.45, 7) is 6.96. The molecule has 1 aliphatic heterocycles. The highest BCUT2D eigenvalue weighted by Crippen LogP contribution is 2.23. The van der Waals surface area contributed by atoms with Gasteiger partial charge in [0.15, 0.2) is 0 Å². The molecule has 108 valence electrons. The highest BCUT2D eigenvalue weighted by molar-refractivity contribution is 5.20. The minimum absolute atomic E-state index is 0.513. The maximum atomic E-state index is 5.27. The van der Waals surface area contributed by atoms with Crippen LogP contribution in [0.15, 0.2) is 17.2 Å². The molecule has 0 radical (unpaired) electrons. The van der Waals surface area contributed by atoms with Crippen molar-refractivity contribution < 1.29 is 4.52 Å². The highest BCUT2D eigenvalue weighted by atomic mass is 16.5. The third-order valence-corrected chi connectivity index (χ3v) is 4.16. The first kappa shape index (κ1) is 13.3. The van der Waals surface area contributed by atoms with Crippen LogP contribution >= 0.6 is 0 Å². The Hall–Kier alpha value is -1.69. The number of hydrogen-bond donors (Lipinski definition) is 0. The first-order valence-corrected chi connectivity index (χ1v) is 7.22. The van der Waals surface area contributed by atoms with Crippen LogP contribution in [0.4, 0.5) is 0 Å². The Morgan fingerprint density at radius 1 is 1.35 bits per heavy atom. The summed E-state index contributed by atoms with van der Waals surface area (Å²) in [5, 5.41) is 8.28. The minimum atomic E-state index is 0.513. The van der Waals surface area contributed by atoms with Crippen molar-refractivity contribution in [2.24, 2.45) is 0 Å². The predicted molar refractivity (Wildman–Crippen MR) is 74.0 cm³/mol. The van der Waals surface area contributed by atoms with E-state index in [0.29, 0.717) is 6.04 Å². The second kappa shape index (κ2) is 5.75. The van der Waals surface area contributed by atoms with Crippen molar-refractivity contribution in [3.63, 3.8) is 0 Å². The summed E-state index contributed by atoms with van der Waals surface area (Å²) >= 11 is 0. The van der Waals surface area contributed by atoms with E-state index in [1.807, 2.05) is 18.5 Å². The van der Waals surface area contributed by atoms with Gasteiger partial charge in [0.05, 0.1) is 12.2 Å². The third-order valence-electron chi connectivity index (χ3n) is 4.16. The Kier molecular flexibility index (Phi) is 3.82. The molecule has 0 aromatic carbocycles. The minimum Gasteiger partial charge on any atom is -0.361 e. The number of aromatic nitrogens is 4. The third kappa shape index (κ3) is 2.75. The first-order valence-electron chi connectivity index (χ1n) is 7.22. The van der Waals surface area contributed by atoms with E-state index in [1.54, 1.807) is 12.7 Å². The van der Waals surface area contributed by atoms with Gasteiger partial charge >= 0.3 is 0 Å². The van der Waals surface area contributed by atoms with Gasteiger partial charge in [0.1, 0.15) is 18.4 Å². The van der Waals surface area contributed by atoms with Crippen molar-refractivity contribution in [1.82, 2.24) is 24.8 Å². The molecule has 2 aromatic rings. The first-order chi connectivity index (χ1) is 9.74. The molecule has 0 unspecified atom stereocenters. The van der Waals surface area contributed by atoms with Crippen molar-refractivity contribution in [3.05, 3.63) is 29.7 Å². The maximum absolute atomic E-state index is 5.27. The summed E-state index contributed by atoms with van der Waals surface area (Å²) in [4.78, 5) is 6.55. The normalized spacial score (nSPS) is 20.4. The van der Waals surface area contributed by atoms with Gasteiger partial charge in [-0.3, -0.25) is 9.58 Å². The number of piperidine rings is 1. The van der Waals surface area contributed by atoms with Gasteiger partial charge in [-0.25, -0.2) is 4.98 Å². The van der Waals surface area contributed by atoms with Crippen LogP contribution in [0.1, 0.15) is 36.3 Å². The van der Waals surface area contributed by atoms with Gasteiger partial charge in [0.2, 0.25) is 0 Å². The van der Waals surface area contributed by atoms with Gasteiger partial charge in [0.25, 0.3) is 0 Å². The molecule has 0 aliphatic carbocycles. The van der Waals surface area contributed by atoms with Gasteiger partial charge < -0.3 is 4.52 Å². The number of likely N-dealkylation sites (tertiary alicyclic amines) is 1. The summed E-state index contributed by atoms with van der Waals surface area (Å²) in [7, 11) is 0. The van der Waals surface area contributed by atoms with Crippen molar-refractivity contribution in [1.29, 1.82) is 0 Å². The Labute approximate surface area is 118 Å². The van der Waals surface area contributed by atoms with Crippen LogP contribution in [0.2, 0.25) is 0 Å². The summed E-state index contributed by atoms with van der Waals surface area (Å²) in [6.07, 6.45) is 7.15. The molecule has 1 saturated heterocycles. The number of hydrogen-bond acceptors (Lipinski definition) is 5. The van der Waals surface area contributed by atoms with E-state index in [4.69, 9.17) is 4.52 Å². The van der Waals surface area contributed by atoms with Crippen LogP contribution in [0, 0.1) is 13.8 Å². The second-order valence-corrected chi connectivity index (χ2v) is 5.54. The second-order valence-electron chi connectivity index (χ2n) is 5.54. The van der Waals surface area contributed by atoms with Crippen LogP contribution < -0.4 is 0 Å². The van der Waals surface area contributed by atoms with Crippen molar-refractivity contribution in [2.75, 3.05) is 6.54 Å². The van der Waals surface area contributed by atoms with Gasteiger partial charge in [-0.15, -0.1) is 0 Å². The molecule has 0 bridgehead atoms. The van der Waals surface area contributed by atoms with Crippen molar-refractivity contribution in [2.45, 2.75) is 52.2 Å². The lowest BCUT2D eigenvalue weighted by molar-refractivity contribution is 0.121. The van der Waals surface area contributed by atoms with E-state index in [2.05, 4.69) is 20.1 Å². The Balaban J connectivity index is 1.72. The number of aryl methyl sites for hydroxylation is 2. The number of rotatable bonds is 4. The molecule has 0 spiro atoms. The topological polar surface area (TPSA) is 60.0 Å². The lowest BCUT2D eigenvalue weighted by Crippen LogP contribution is -2.41. The molecule has 6 heteroatoms. The zero-order valence-electron chi connectivity index (χ0n) is 12.1. The lowest BCUT2D eigenvalue weighted by atomic mass is 10.0. The molecule has 0 saturated carbocycles. The molecule has 0 N–H and O–H groups in total. The van der Waals surface area contributed by atoms with Gasteiger partial charge in [-0.2, -0.15) is 5.10 Å². The summed E-state index contributed by atoms with van der Waals surface area (Å²) in [6, 6.07) is 0.513. The zero-order chi connectivity index (χ0) is 13.9. The van der Waals surface area contributed by atoms with E-state index in [-0.39, 0.29) is 0 Å². The van der Waals surface area contributed by atoms with E-state index in [0.717, 1.165) is 31.1 Å². The van der Waals surface area contributed by atoms with Crippen LogP contribution in [0.5, 0.6) is 0 Å². The maximum Gasteiger partial charge on any atom is 0.138 e. The monoisotopic (exact) mass is 275 g/mol. The quantitative estimate of drug-likeness (QED) is 0.853. The smallest absolute Gasteiger partial charge is 0.138 e. The van der Waals surface area contributed by atoms with Crippen LogP contribution in [-0.2, 0) is 13.1 Å². The molecular formula is C14H21N5O. The molecular weight excluding hydrogens is 254 g/mol. The van der Waals surface area contributed by atoms with E-state index >= 15 is 0 Å². The molecule has 0 amide bonds. The molecule has 1 aliphatic rings. The fourth-order valence-corrected chi connectivity index (χ4v) is 2.95. The van der Waals surface area contributed by atoms with Crippen LogP contribution in [0.25, 0.3) is 0 Å². The fraction of sp³-hybridized carbons (Fsp3) is 0.643. The van der Waals surface area contributed by atoms with Crippen molar-refractivity contribution in [3.8, 4) is 0 Å². The molecule has 20 heavy (non-hydrogen) atoms. The van der Waals surface area contributed by atoms with E-state index in [1.165, 1.54) is 24.8 Å². The average molecular weight is 275 g/mol. The van der Waals surface area contributed by atoms with Gasteiger partial charge in [-0.05, 0) is 33.2 Å². The van der Waals surface area contributed by atoms with E-state index < -0.39 is 0 Å². The number of nitrogens with zero attached hydrogens (tertiary/aromatic N) is 5. The Bertz CT molecular complexity index is 528. The highest BCUT2D eigenvalue weighted by Gasteiger charge is 2.25. The van der Waals surface area contributed by atoms with Crippen molar-refractivity contribution >= 4 is 0 Å². The summed E-state index contributed by atoms with van der Waals surface area (Å²) in [5.41, 5.74) is 2.24. The van der Waals surface area contributed by atoms with Gasteiger partial charge in [-0.1, -0.05) is 11.6 Å². The molecule has 2 aromatic heterocycles. The Morgan fingerprint density at radius 3 is 2.95 bits per heavy atom. The van der Waals surface area contributed by atoms with Crippen LogP contribution in [0.3, 0.4) is 0 Å². The predicted octanol–water partition coefficient (Wildman–Crippen LogP) is 1.94.